The first-order chi connectivity index (χ1) is 20.6. The summed E-state index contributed by atoms with van der Waals surface area (Å²) in [7, 11) is 3.36. The smallest absolute Gasteiger partial charge is 0.246 e. The zero-order valence-corrected chi connectivity index (χ0v) is 24.1. The van der Waals surface area contributed by atoms with Crippen molar-refractivity contribution in [3.05, 3.63) is 73.1 Å². The van der Waals surface area contributed by atoms with Crippen molar-refractivity contribution in [1.29, 1.82) is 0 Å². The van der Waals surface area contributed by atoms with Crippen molar-refractivity contribution in [2.24, 2.45) is 0 Å². The van der Waals surface area contributed by atoms with E-state index in [1.54, 1.807) is 20.3 Å². The van der Waals surface area contributed by atoms with E-state index in [2.05, 4.69) is 14.9 Å². The van der Waals surface area contributed by atoms with E-state index >= 15 is 0 Å². The Morgan fingerprint density at radius 1 is 1.02 bits per heavy atom. The summed E-state index contributed by atoms with van der Waals surface area (Å²) in [5.74, 6) is 1.83. The Bertz CT molecular complexity index is 1480. The Kier molecular flexibility index (Phi) is 9.75. The fourth-order valence-corrected chi connectivity index (χ4v) is 5.04. The third-order valence-electron chi connectivity index (χ3n) is 7.29. The molecule has 0 radical (unpaired) electrons. The van der Waals surface area contributed by atoms with Crippen LogP contribution in [0, 0.1) is 0 Å². The quantitative estimate of drug-likeness (QED) is 0.239. The lowest BCUT2D eigenvalue weighted by Gasteiger charge is -2.20. The van der Waals surface area contributed by atoms with Crippen LogP contribution in [-0.2, 0) is 14.3 Å². The summed E-state index contributed by atoms with van der Waals surface area (Å²) >= 11 is 0. The fourth-order valence-electron chi connectivity index (χ4n) is 5.04. The van der Waals surface area contributed by atoms with Crippen LogP contribution in [0.1, 0.15) is 12.5 Å². The first-order valence-corrected chi connectivity index (χ1v) is 14.0. The number of nitrogens with two attached hydrogens (primary N) is 1. The van der Waals surface area contributed by atoms with E-state index in [0.29, 0.717) is 55.4 Å². The maximum atomic E-state index is 13.0. The van der Waals surface area contributed by atoms with Crippen molar-refractivity contribution in [3.8, 4) is 22.8 Å². The number of para-hydroxylation sites is 1. The standard InChI is InChI=1S/C31H37N7O4/c1-40-19-17-36(18-20-41-2)15-6-9-27(39)37-16-14-24(21-37)38-31-28(30(32)33-22-34-31)29(35-38)23-10-12-26(13-11-23)42-25-7-4-3-5-8-25/h3-13,22,24H,14-21H2,1-2H3,(H2,32,33,34)/t24-/m1/s1. The molecule has 0 saturated carbocycles. The predicted molar refractivity (Wildman–Crippen MR) is 161 cm³/mol. The highest BCUT2D eigenvalue weighted by molar-refractivity contribution is 5.98. The number of carbonyl (C=O) groups is 1. The van der Waals surface area contributed by atoms with E-state index in [1.165, 1.54) is 6.33 Å². The number of nitrogen functional groups attached to an aromatic ring is 1. The van der Waals surface area contributed by atoms with Crippen molar-refractivity contribution in [1.82, 2.24) is 29.5 Å². The van der Waals surface area contributed by atoms with E-state index in [4.69, 9.17) is 25.0 Å². The summed E-state index contributed by atoms with van der Waals surface area (Å²) in [4.78, 5) is 25.8. The van der Waals surface area contributed by atoms with Crippen molar-refractivity contribution >= 4 is 22.8 Å². The number of anilines is 1. The molecule has 0 spiro atoms. The number of likely N-dealkylation sites (tertiary alicyclic amines) is 1. The number of methoxy groups -OCH3 is 2. The molecule has 11 nitrogen and oxygen atoms in total. The summed E-state index contributed by atoms with van der Waals surface area (Å²) in [6, 6.07) is 17.3. The van der Waals surface area contributed by atoms with Gasteiger partial charge in [-0.3, -0.25) is 9.69 Å². The Morgan fingerprint density at radius 2 is 1.74 bits per heavy atom. The monoisotopic (exact) mass is 571 g/mol. The number of fused-ring (bicyclic) bond motifs is 1. The molecule has 1 aliphatic heterocycles. The van der Waals surface area contributed by atoms with E-state index in [9.17, 15) is 4.79 Å². The molecule has 2 N–H and O–H groups in total. The van der Waals surface area contributed by atoms with Crippen LogP contribution in [0.5, 0.6) is 11.5 Å². The molecule has 5 rings (SSSR count). The van der Waals surface area contributed by atoms with Gasteiger partial charge in [0.1, 0.15) is 29.3 Å². The largest absolute Gasteiger partial charge is 0.457 e. The minimum atomic E-state index is -0.0338. The van der Waals surface area contributed by atoms with Gasteiger partial charge >= 0.3 is 0 Å². The number of benzene rings is 2. The Hall–Kier alpha value is -4.32. The SMILES string of the molecule is COCCN(CC=CC(=O)N1CC[C@@H](n2nc(-c3ccc(Oc4ccccc4)cc3)c3c(N)ncnc32)C1)CCOC. The summed E-state index contributed by atoms with van der Waals surface area (Å²) in [5.41, 5.74) is 8.56. The van der Waals surface area contributed by atoms with E-state index in [0.717, 1.165) is 36.6 Å². The van der Waals surface area contributed by atoms with E-state index < -0.39 is 0 Å². The van der Waals surface area contributed by atoms with Crippen LogP contribution in [0.3, 0.4) is 0 Å². The highest BCUT2D eigenvalue weighted by atomic mass is 16.5. The average molecular weight is 572 g/mol. The van der Waals surface area contributed by atoms with Crippen LogP contribution in [-0.4, -0.2) is 95.6 Å². The lowest BCUT2D eigenvalue weighted by atomic mass is 10.1. The number of hydrogen-bond acceptors (Lipinski definition) is 9. The highest BCUT2D eigenvalue weighted by Crippen LogP contribution is 2.35. The van der Waals surface area contributed by atoms with Gasteiger partial charge in [0, 0.05) is 58.6 Å². The molecule has 1 amide bonds. The van der Waals surface area contributed by atoms with Crippen molar-refractivity contribution in [2.75, 3.05) is 65.9 Å². The number of nitrogens with zero attached hydrogens (tertiary/aromatic N) is 6. The number of carbonyl (C=O) groups excluding carboxylic acids is 1. The first kappa shape index (κ1) is 29.2. The number of hydrogen-bond donors (Lipinski definition) is 1. The summed E-state index contributed by atoms with van der Waals surface area (Å²) in [6.45, 7) is 4.60. The van der Waals surface area contributed by atoms with Gasteiger partial charge in [0.2, 0.25) is 5.91 Å². The van der Waals surface area contributed by atoms with Crippen molar-refractivity contribution in [2.45, 2.75) is 12.5 Å². The van der Waals surface area contributed by atoms with Gasteiger partial charge < -0.3 is 24.8 Å². The van der Waals surface area contributed by atoms with E-state index in [-0.39, 0.29) is 11.9 Å². The van der Waals surface area contributed by atoms with Gasteiger partial charge in [-0.1, -0.05) is 24.3 Å². The number of ether oxygens (including phenoxy) is 3. The lowest BCUT2D eigenvalue weighted by Crippen LogP contribution is -2.31. The maximum Gasteiger partial charge on any atom is 0.246 e. The molecule has 2 aromatic carbocycles. The Morgan fingerprint density at radius 3 is 2.45 bits per heavy atom. The molecule has 3 heterocycles. The normalized spacial score (nSPS) is 15.3. The molecule has 2 aromatic heterocycles. The molecule has 0 bridgehead atoms. The van der Waals surface area contributed by atoms with Gasteiger partial charge in [-0.15, -0.1) is 0 Å². The fraction of sp³-hybridized carbons (Fsp3) is 0.355. The third kappa shape index (κ3) is 6.93. The number of amides is 1. The summed E-state index contributed by atoms with van der Waals surface area (Å²) in [5, 5.41) is 5.66. The zero-order chi connectivity index (χ0) is 29.3. The molecule has 0 unspecified atom stereocenters. The molecule has 1 fully saturated rings. The summed E-state index contributed by atoms with van der Waals surface area (Å²) in [6.07, 6.45) is 5.77. The van der Waals surface area contributed by atoms with Gasteiger partial charge in [-0.05, 0) is 42.8 Å². The molecule has 1 atom stereocenters. The van der Waals surface area contributed by atoms with Crippen LogP contribution in [0.15, 0.2) is 73.1 Å². The van der Waals surface area contributed by atoms with Crippen molar-refractivity contribution in [3.63, 3.8) is 0 Å². The Balaban J connectivity index is 1.29. The number of aromatic nitrogens is 4. The molecule has 220 valence electrons. The van der Waals surface area contributed by atoms with Gasteiger partial charge in [0.25, 0.3) is 0 Å². The average Bonchev–Trinajstić information content (AvgIpc) is 3.65. The first-order valence-electron chi connectivity index (χ1n) is 14.0. The van der Waals surface area contributed by atoms with Crippen LogP contribution in [0.25, 0.3) is 22.3 Å². The second-order valence-electron chi connectivity index (χ2n) is 10.1. The molecule has 42 heavy (non-hydrogen) atoms. The lowest BCUT2D eigenvalue weighted by molar-refractivity contribution is -0.125. The summed E-state index contributed by atoms with van der Waals surface area (Å²) < 4.78 is 18.2. The predicted octanol–water partition coefficient (Wildman–Crippen LogP) is 3.79. The van der Waals surface area contributed by atoms with E-state index in [1.807, 2.05) is 70.3 Å². The molecule has 11 heteroatoms. The third-order valence-corrected chi connectivity index (χ3v) is 7.29. The minimum absolute atomic E-state index is 0.0178. The molecular formula is C31H37N7O4. The topological polar surface area (TPSA) is 121 Å². The van der Waals surface area contributed by atoms with Gasteiger partial charge in [-0.2, -0.15) is 5.10 Å². The van der Waals surface area contributed by atoms with Crippen molar-refractivity contribution < 1.29 is 19.0 Å². The van der Waals surface area contributed by atoms with Gasteiger partial charge in [-0.25, -0.2) is 14.6 Å². The maximum absolute atomic E-state index is 13.0. The zero-order valence-electron chi connectivity index (χ0n) is 24.1. The Labute approximate surface area is 245 Å². The highest BCUT2D eigenvalue weighted by Gasteiger charge is 2.30. The molecular weight excluding hydrogens is 534 g/mol. The van der Waals surface area contributed by atoms with Gasteiger partial charge in [0.05, 0.1) is 24.6 Å². The van der Waals surface area contributed by atoms with Crippen LogP contribution in [0.4, 0.5) is 5.82 Å². The van der Waals surface area contributed by atoms with Crippen LogP contribution in [0.2, 0.25) is 0 Å². The van der Waals surface area contributed by atoms with Gasteiger partial charge in [0.15, 0.2) is 5.65 Å². The van der Waals surface area contributed by atoms with Crippen LogP contribution >= 0.6 is 0 Å². The van der Waals surface area contributed by atoms with Crippen LogP contribution < -0.4 is 10.5 Å². The molecule has 4 aromatic rings. The molecule has 1 saturated heterocycles. The second kappa shape index (κ2) is 14.0. The number of rotatable bonds is 13. The molecule has 1 aliphatic rings. The molecule has 0 aliphatic carbocycles. The second-order valence-corrected chi connectivity index (χ2v) is 10.1. The minimum Gasteiger partial charge on any atom is -0.457 e.